The van der Waals surface area contributed by atoms with E-state index in [1.54, 1.807) is 0 Å². The number of carbonyl (C=O) groups is 1. The fraction of sp³-hybridized carbons (Fsp3) is 0.846. The highest BCUT2D eigenvalue weighted by Gasteiger charge is 2.26. The Morgan fingerprint density at radius 2 is 2.38 bits per heavy atom. The molecule has 0 spiro atoms. The molecule has 1 aromatic heterocycles. The van der Waals surface area contributed by atoms with E-state index in [4.69, 9.17) is 5.73 Å². The van der Waals surface area contributed by atoms with Crippen molar-refractivity contribution in [3.8, 4) is 0 Å². The van der Waals surface area contributed by atoms with Gasteiger partial charge in [0.05, 0.1) is 12.5 Å². The molecule has 0 bridgehead atoms. The van der Waals surface area contributed by atoms with Crippen LogP contribution in [0.2, 0.25) is 0 Å². The minimum atomic E-state index is 0.0424. The van der Waals surface area contributed by atoms with E-state index in [0.29, 0.717) is 19.6 Å². The number of likely N-dealkylation sites (tertiary alicyclic amines) is 1. The van der Waals surface area contributed by atoms with Gasteiger partial charge in [-0.3, -0.25) is 9.69 Å². The highest BCUT2D eigenvalue weighted by atomic mass is 16.1. The molecule has 1 aliphatic rings. The average molecular weight is 295 g/mol. The number of tetrazole rings is 1. The first kappa shape index (κ1) is 15.8. The summed E-state index contributed by atoms with van der Waals surface area (Å²) < 4.78 is 1.85. The lowest BCUT2D eigenvalue weighted by Gasteiger charge is -2.31. The molecule has 2 heterocycles. The zero-order chi connectivity index (χ0) is 15.1. The summed E-state index contributed by atoms with van der Waals surface area (Å²) in [6.07, 6.45) is 2.96. The van der Waals surface area contributed by atoms with E-state index >= 15 is 0 Å². The normalized spacial score (nSPS) is 19.6. The van der Waals surface area contributed by atoms with Crippen LogP contribution < -0.4 is 11.1 Å². The Kier molecular flexibility index (Phi) is 6.06. The lowest BCUT2D eigenvalue weighted by atomic mass is 9.97. The molecule has 8 nitrogen and oxygen atoms in total. The summed E-state index contributed by atoms with van der Waals surface area (Å²) in [6.45, 7) is 6.40. The quantitative estimate of drug-likeness (QED) is 0.694. The van der Waals surface area contributed by atoms with E-state index in [1.807, 2.05) is 4.68 Å². The predicted molar refractivity (Wildman–Crippen MR) is 78.2 cm³/mol. The SMILES string of the molecule is CCCn1nnnc1CN1CCCC(C(=O)NCCN)C1. The number of hydrogen-bond acceptors (Lipinski definition) is 6. The van der Waals surface area contributed by atoms with Crippen molar-refractivity contribution in [1.29, 1.82) is 0 Å². The third kappa shape index (κ3) is 4.47. The summed E-state index contributed by atoms with van der Waals surface area (Å²) in [4.78, 5) is 14.3. The molecule has 118 valence electrons. The second-order valence-corrected chi connectivity index (χ2v) is 5.47. The van der Waals surface area contributed by atoms with Crippen molar-refractivity contribution in [2.45, 2.75) is 39.3 Å². The second kappa shape index (κ2) is 8.04. The van der Waals surface area contributed by atoms with Crippen LogP contribution in [0.4, 0.5) is 0 Å². The van der Waals surface area contributed by atoms with Gasteiger partial charge in [0, 0.05) is 26.2 Å². The van der Waals surface area contributed by atoms with Gasteiger partial charge in [0.2, 0.25) is 5.91 Å². The molecular weight excluding hydrogens is 270 g/mol. The second-order valence-electron chi connectivity index (χ2n) is 5.47. The number of piperidine rings is 1. The van der Waals surface area contributed by atoms with Crippen molar-refractivity contribution < 1.29 is 4.79 Å². The van der Waals surface area contributed by atoms with Crippen molar-refractivity contribution in [2.24, 2.45) is 11.7 Å². The summed E-state index contributed by atoms with van der Waals surface area (Å²) >= 11 is 0. The first-order valence-electron chi connectivity index (χ1n) is 7.69. The van der Waals surface area contributed by atoms with Crippen LogP contribution in [-0.2, 0) is 17.9 Å². The molecule has 1 fully saturated rings. The number of nitrogens with two attached hydrogens (primary N) is 1. The number of carbonyl (C=O) groups excluding carboxylic acids is 1. The molecular formula is C13H25N7O. The van der Waals surface area contributed by atoms with Gasteiger partial charge in [-0.05, 0) is 36.2 Å². The lowest BCUT2D eigenvalue weighted by Crippen LogP contribution is -2.44. The van der Waals surface area contributed by atoms with E-state index in [9.17, 15) is 4.79 Å². The van der Waals surface area contributed by atoms with Crippen LogP contribution >= 0.6 is 0 Å². The maximum atomic E-state index is 12.0. The maximum absolute atomic E-state index is 12.0. The Morgan fingerprint density at radius 3 is 3.14 bits per heavy atom. The van der Waals surface area contributed by atoms with Crippen LogP contribution in [0.5, 0.6) is 0 Å². The number of nitrogens with zero attached hydrogens (tertiary/aromatic N) is 5. The molecule has 0 aromatic carbocycles. The number of aromatic nitrogens is 4. The number of nitrogens with one attached hydrogen (secondary N) is 1. The Hall–Kier alpha value is -1.54. The molecule has 1 saturated heterocycles. The van der Waals surface area contributed by atoms with E-state index in [1.165, 1.54) is 0 Å². The van der Waals surface area contributed by atoms with Crippen molar-refractivity contribution >= 4 is 5.91 Å². The standard InChI is InChI=1S/C13H25N7O/c1-2-7-20-12(16-17-18-20)10-19-8-3-4-11(9-19)13(21)15-6-5-14/h11H,2-10,14H2,1H3,(H,15,21). The first-order chi connectivity index (χ1) is 10.2. The minimum absolute atomic E-state index is 0.0424. The van der Waals surface area contributed by atoms with Gasteiger partial charge in [-0.2, -0.15) is 0 Å². The smallest absolute Gasteiger partial charge is 0.224 e. The van der Waals surface area contributed by atoms with Gasteiger partial charge in [-0.1, -0.05) is 6.92 Å². The monoisotopic (exact) mass is 295 g/mol. The third-order valence-electron chi connectivity index (χ3n) is 3.73. The zero-order valence-electron chi connectivity index (χ0n) is 12.7. The Labute approximate surface area is 125 Å². The molecule has 1 aliphatic heterocycles. The Balaban J connectivity index is 1.88. The molecule has 1 unspecified atom stereocenters. The lowest BCUT2D eigenvalue weighted by molar-refractivity contribution is -0.126. The van der Waals surface area contributed by atoms with Crippen molar-refractivity contribution in [2.75, 3.05) is 26.2 Å². The molecule has 21 heavy (non-hydrogen) atoms. The molecule has 1 atom stereocenters. The molecule has 3 N–H and O–H groups in total. The molecule has 0 aliphatic carbocycles. The van der Waals surface area contributed by atoms with Gasteiger partial charge in [0.25, 0.3) is 0 Å². The van der Waals surface area contributed by atoms with Crippen LogP contribution in [0.3, 0.4) is 0 Å². The van der Waals surface area contributed by atoms with E-state index in [2.05, 4.69) is 32.7 Å². The van der Waals surface area contributed by atoms with Gasteiger partial charge in [0.15, 0.2) is 5.82 Å². The Morgan fingerprint density at radius 1 is 1.52 bits per heavy atom. The largest absolute Gasteiger partial charge is 0.355 e. The van der Waals surface area contributed by atoms with Crippen LogP contribution in [0.15, 0.2) is 0 Å². The third-order valence-corrected chi connectivity index (χ3v) is 3.73. The van der Waals surface area contributed by atoms with Gasteiger partial charge < -0.3 is 11.1 Å². The van der Waals surface area contributed by atoms with E-state index < -0.39 is 0 Å². The fourth-order valence-electron chi connectivity index (χ4n) is 2.67. The van der Waals surface area contributed by atoms with Crippen molar-refractivity contribution in [3.05, 3.63) is 5.82 Å². The molecule has 1 amide bonds. The fourth-order valence-corrected chi connectivity index (χ4v) is 2.67. The van der Waals surface area contributed by atoms with Crippen molar-refractivity contribution in [1.82, 2.24) is 30.4 Å². The first-order valence-corrected chi connectivity index (χ1v) is 7.69. The van der Waals surface area contributed by atoms with Crippen LogP contribution in [0, 0.1) is 5.92 Å². The maximum Gasteiger partial charge on any atom is 0.224 e. The molecule has 8 heteroatoms. The minimum Gasteiger partial charge on any atom is -0.355 e. The van der Waals surface area contributed by atoms with Gasteiger partial charge in [-0.15, -0.1) is 5.10 Å². The van der Waals surface area contributed by atoms with Crippen LogP contribution in [-0.4, -0.2) is 57.2 Å². The van der Waals surface area contributed by atoms with Gasteiger partial charge in [-0.25, -0.2) is 4.68 Å². The molecule has 0 saturated carbocycles. The summed E-state index contributed by atoms with van der Waals surface area (Å²) in [6, 6.07) is 0. The number of amides is 1. The summed E-state index contributed by atoms with van der Waals surface area (Å²) in [5.41, 5.74) is 5.42. The highest BCUT2D eigenvalue weighted by Crippen LogP contribution is 2.18. The van der Waals surface area contributed by atoms with Gasteiger partial charge in [0.1, 0.15) is 0 Å². The van der Waals surface area contributed by atoms with E-state index in [-0.39, 0.29) is 11.8 Å². The molecule has 2 rings (SSSR count). The topological polar surface area (TPSA) is 102 Å². The number of aryl methyl sites for hydroxylation is 1. The van der Waals surface area contributed by atoms with Crippen molar-refractivity contribution in [3.63, 3.8) is 0 Å². The van der Waals surface area contributed by atoms with E-state index in [0.717, 1.165) is 44.7 Å². The molecule has 1 aromatic rings. The summed E-state index contributed by atoms with van der Waals surface area (Å²) in [7, 11) is 0. The zero-order valence-corrected chi connectivity index (χ0v) is 12.7. The molecule has 0 radical (unpaired) electrons. The van der Waals surface area contributed by atoms with Crippen LogP contribution in [0.25, 0.3) is 0 Å². The predicted octanol–water partition coefficient (Wildman–Crippen LogP) is -0.630. The summed E-state index contributed by atoms with van der Waals surface area (Å²) in [5.74, 6) is 1.03. The highest BCUT2D eigenvalue weighted by molar-refractivity contribution is 5.78. The van der Waals surface area contributed by atoms with Crippen LogP contribution in [0.1, 0.15) is 32.0 Å². The number of hydrogen-bond donors (Lipinski definition) is 2. The number of rotatable bonds is 7. The Bertz CT molecular complexity index is 447. The average Bonchev–Trinajstić information content (AvgIpc) is 2.92. The summed E-state index contributed by atoms with van der Waals surface area (Å²) in [5, 5.41) is 14.7. The van der Waals surface area contributed by atoms with Gasteiger partial charge >= 0.3 is 0 Å².